The van der Waals surface area contributed by atoms with Gasteiger partial charge in [-0.3, -0.25) is 14.9 Å². The number of ether oxygens (including phenoxy) is 1. The first-order chi connectivity index (χ1) is 10.0. The van der Waals surface area contributed by atoms with E-state index in [0.717, 1.165) is 6.42 Å². The fourth-order valence-corrected chi connectivity index (χ4v) is 2.35. The second kappa shape index (κ2) is 6.53. The van der Waals surface area contributed by atoms with Crippen LogP contribution in [-0.2, 0) is 4.74 Å². The molecule has 0 bridgehead atoms. The smallest absolute Gasteiger partial charge is 0.270 e. The van der Waals surface area contributed by atoms with Gasteiger partial charge in [0.15, 0.2) is 0 Å². The molecule has 1 unspecified atom stereocenters. The summed E-state index contributed by atoms with van der Waals surface area (Å²) in [5.41, 5.74) is 0.843. The standard InChI is InChI=1S/C14H19N3O4/c1-3-15-13-5-4-10(17(19)20)8-12(13)14(18)16(2)11-6-7-21-9-11/h4-5,8,11,15H,3,6-7,9H2,1-2H3. The molecule has 1 aromatic rings. The van der Waals surface area contributed by atoms with Crippen molar-refractivity contribution in [2.45, 2.75) is 19.4 Å². The van der Waals surface area contributed by atoms with Crippen molar-refractivity contribution in [2.75, 3.05) is 32.1 Å². The Hall–Kier alpha value is -2.15. The third-order valence-corrected chi connectivity index (χ3v) is 3.59. The van der Waals surface area contributed by atoms with Gasteiger partial charge >= 0.3 is 0 Å². The van der Waals surface area contributed by atoms with Crippen LogP contribution in [0.2, 0.25) is 0 Å². The Bertz CT molecular complexity index is 541. The van der Waals surface area contributed by atoms with E-state index in [4.69, 9.17) is 4.74 Å². The maximum absolute atomic E-state index is 12.6. The summed E-state index contributed by atoms with van der Waals surface area (Å²) < 4.78 is 5.29. The van der Waals surface area contributed by atoms with Crippen molar-refractivity contribution in [1.29, 1.82) is 0 Å². The molecule has 0 aliphatic carbocycles. The van der Waals surface area contributed by atoms with Gasteiger partial charge in [-0.05, 0) is 19.4 Å². The van der Waals surface area contributed by atoms with Crippen molar-refractivity contribution in [3.05, 3.63) is 33.9 Å². The molecule has 1 atom stereocenters. The molecule has 1 amide bonds. The van der Waals surface area contributed by atoms with Gasteiger partial charge in [-0.15, -0.1) is 0 Å². The van der Waals surface area contributed by atoms with Gasteiger partial charge < -0.3 is 15.0 Å². The number of carbonyl (C=O) groups is 1. The highest BCUT2D eigenvalue weighted by Crippen LogP contribution is 2.25. The number of nitrogens with one attached hydrogen (secondary N) is 1. The van der Waals surface area contributed by atoms with Crippen molar-refractivity contribution in [1.82, 2.24) is 4.90 Å². The highest BCUT2D eigenvalue weighted by molar-refractivity contribution is 6.00. The van der Waals surface area contributed by atoms with E-state index in [0.29, 0.717) is 31.0 Å². The third-order valence-electron chi connectivity index (χ3n) is 3.59. The van der Waals surface area contributed by atoms with Gasteiger partial charge in [0.2, 0.25) is 0 Å². The van der Waals surface area contributed by atoms with Crippen LogP contribution in [0.25, 0.3) is 0 Å². The summed E-state index contributed by atoms with van der Waals surface area (Å²) in [5.74, 6) is -0.231. The Labute approximate surface area is 123 Å². The number of likely N-dealkylation sites (N-methyl/N-ethyl adjacent to an activating group) is 1. The summed E-state index contributed by atoms with van der Waals surface area (Å²) in [7, 11) is 1.70. The fourth-order valence-electron chi connectivity index (χ4n) is 2.35. The van der Waals surface area contributed by atoms with Crippen molar-refractivity contribution in [2.24, 2.45) is 0 Å². The van der Waals surface area contributed by atoms with Crippen molar-refractivity contribution < 1.29 is 14.5 Å². The molecule has 0 aromatic heterocycles. The molecule has 1 aliphatic rings. The minimum absolute atomic E-state index is 0.0197. The first-order valence-corrected chi connectivity index (χ1v) is 6.91. The summed E-state index contributed by atoms with van der Waals surface area (Å²) in [4.78, 5) is 24.6. The molecule has 7 nitrogen and oxygen atoms in total. The minimum atomic E-state index is -0.495. The zero-order valence-corrected chi connectivity index (χ0v) is 12.2. The lowest BCUT2D eigenvalue weighted by atomic mass is 10.1. The normalized spacial score (nSPS) is 17.5. The van der Waals surface area contributed by atoms with E-state index in [1.807, 2.05) is 6.92 Å². The molecular formula is C14H19N3O4. The lowest BCUT2D eigenvalue weighted by molar-refractivity contribution is -0.384. The van der Waals surface area contributed by atoms with Gasteiger partial charge in [-0.25, -0.2) is 0 Å². The number of nitrogens with zero attached hydrogens (tertiary/aromatic N) is 2. The van der Waals surface area contributed by atoms with E-state index in [2.05, 4.69) is 5.32 Å². The Morgan fingerprint density at radius 1 is 1.57 bits per heavy atom. The second-order valence-corrected chi connectivity index (χ2v) is 4.95. The Balaban J connectivity index is 2.31. The highest BCUT2D eigenvalue weighted by atomic mass is 16.6. The molecule has 2 rings (SSSR count). The average molecular weight is 293 g/mol. The lowest BCUT2D eigenvalue weighted by Gasteiger charge is -2.24. The van der Waals surface area contributed by atoms with Gasteiger partial charge in [-0.2, -0.15) is 0 Å². The van der Waals surface area contributed by atoms with E-state index in [9.17, 15) is 14.9 Å². The Kier molecular flexibility index (Phi) is 4.74. The molecular weight excluding hydrogens is 274 g/mol. The quantitative estimate of drug-likeness (QED) is 0.662. The second-order valence-electron chi connectivity index (χ2n) is 4.95. The van der Waals surface area contributed by atoms with Crippen LogP contribution >= 0.6 is 0 Å². The molecule has 7 heteroatoms. The van der Waals surface area contributed by atoms with Gasteiger partial charge in [0, 0.05) is 38.0 Å². The number of hydrogen-bond acceptors (Lipinski definition) is 5. The van der Waals surface area contributed by atoms with Gasteiger partial charge in [0.25, 0.3) is 11.6 Å². The third kappa shape index (κ3) is 3.30. The summed E-state index contributed by atoms with van der Waals surface area (Å²) in [6.07, 6.45) is 0.785. The summed E-state index contributed by atoms with van der Waals surface area (Å²) >= 11 is 0. The molecule has 1 aliphatic heterocycles. The first kappa shape index (κ1) is 15.2. The zero-order chi connectivity index (χ0) is 15.4. The van der Waals surface area contributed by atoms with Crippen LogP contribution in [0, 0.1) is 10.1 Å². The van der Waals surface area contributed by atoms with Gasteiger partial charge in [-0.1, -0.05) is 0 Å². The maximum Gasteiger partial charge on any atom is 0.270 e. The minimum Gasteiger partial charge on any atom is -0.385 e. The number of non-ortho nitro benzene ring substituents is 1. The monoisotopic (exact) mass is 293 g/mol. The van der Waals surface area contributed by atoms with Crippen LogP contribution in [0.3, 0.4) is 0 Å². The number of amides is 1. The van der Waals surface area contributed by atoms with E-state index < -0.39 is 4.92 Å². The summed E-state index contributed by atoms with van der Waals surface area (Å²) in [6, 6.07) is 4.32. The Morgan fingerprint density at radius 3 is 2.90 bits per heavy atom. The van der Waals surface area contributed by atoms with Crippen molar-refractivity contribution in [3.63, 3.8) is 0 Å². The number of hydrogen-bond donors (Lipinski definition) is 1. The fraction of sp³-hybridized carbons (Fsp3) is 0.500. The van der Waals surface area contributed by atoms with Gasteiger partial charge in [0.1, 0.15) is 0 Å². The van der Waals surface area contributed by atoms with Crippen LogP contribution < -0.4 is 5.32 Å². The molecule has 1 saturated heterocycles. The van der Waals surface area contributed by atoms with E-state index in [-0.39, 0.29) is 17.6 Å². The van der Waals surface area contributed by atoms with Crippen LogP contribution in [-0.4, -0.2) is 48.6 Å². The summed E-state index contributed by atoms with van der Waals surface area (Å²) in [5, 5.41) is 14.0. The van der Waals surface area contributed by atoms with E-state index in [1.165, 1.54) is 12.1 Å². The first-order valence-electron chi connectivity index (χ1n) is 6.91. The number of rotatable bonds is 5. The molecule has 0 spiro atoms. The van der Waals surface area contributed by atoms with E-state index in [1.54, 1.807) is 18.0 Å². The number of benzene rings is 1. The molecule has 114 valence electrons. The lowest BCUT2D eigenvalue weighted by Crippen LogP contribution is -2.37. The Morgan fingerprint density at radius 2 is 2.33 bits per heavy atom. The number of carbonyl (C=O) groups excluding carboxylic acids is 1. The molecule has 1 fully saturated rings. The largest absolute Gasteiger partial charge is 0.385 e. The van der Waals surface area contributed by atoms with Crippen LogP contribution in [0.1, 0.15) is 23.7 Å². The van der Waals surface area contributed by atoms with Crippen LogP contribution in [0.5, 0.6) is 0 Å². The van der Waals surface area contributed by atoms with Crippen LogP contribution in [0.4, 0.5) is 11.4 Å². The highest BCUT2D eigenvalue weighted by Gasteiger charge is 2.27. The zero-order valence-electron chi connectivity index (χ0n) is 12.2. The molecule has 1 heterocycles. The molecule has 1 aromatic carbocycles. The predicted octanol–water partition coefficient (Wildman–Crippen LogP) is 1.89. The number of nitro groups is 1. The number of anilines is 1. The molecule has 21 heavy (non-hydrogen) atoms. The number of nitro benzene ring substituents is 1. The maximum atomic E-state index is 12.6. The topological polar surface area (TPSA) is 84.7 Å². The average Bonchev–Trinajstić information content (AvgIpc) is 3.00. The van der Waals surface area contributed by atoms with Crippen molar-refractivity contribution in [3.8, 4) is 0 Å². The summed E-state index contributed by atoms with van der Waals surface area (Å²) in [6.45, 7) is 3.68. The van der Waals surface area contributed by atoms with Crippen molar-refractivity contribution >= 4 is 17.3 Å². The molecule has 0 saturated carbocycles. The van der Waals surface area contributed by atoms with Gasteiger partial charge in [0.05, 0.1) is 23.1 Å². The molecule has 0 radical (unpaired) electrons. The van der Waals surface area contributed by atoms with E-state index >= 15 is 0 Å². The molecule has 1 N–H and O–H groups in total. The SMILES string of the molecule is CCNc1ccc([N+](=O)[O-])cc1C(=O)N(C)C1CCOC1. The predicted molar refractivity (Wildman–Crippen MR) is 78.6 cm³/mol. The van der Waals surface area contributed by atoms with Crippen LogP contribution in [0.15, 0.2) is 18.2 Å².